The van der Waals surface area contributed by atoms with E-state index in [9.17, 15) is 9.59 Å². The van der Waals surface area contributed by atoms with Crippen LogP contribution < -0.4 is 5.32 Å². The maximum absolute atomic E-state index is 12.7. The molecule has 26 heavy (non-hydrogen) atoms. The molecule has 3 aliphatic rings. The smallest absolute Gasteiger partial charge is 0.255 e. The lowest BCUT2D eigenvalue weighted by Gasteiger charge is -2.44. The molecule has 2 amide bonds. The molecule has 3 heterocycles. The van der Waals surface area contributed by atoms with E-state index in [2.05, 4.69) is 10.2 Å². The van der Waals surface area contributed by atoms with Gasteiger partial charge in [-0.1, -0.05) is 24.6 Å². The van der Waals surface area contributed by atoms with E-state index in [-0.39, 0.29) is 11.8 Å². The molecule has 3 aliphatic heterocycles. The molecule has 1 aromatic carbocycles. The summed E-state index contributed by atoms with van der Waals surface area (Å²) in [5.41, 5.74) is 1.75. The van der Waals surface area contributed by atoms with Crippen LogP contribution in [0.3, 0.4) is 0 Å². The van der Waals surface area contributed by atoms with E-state index in [1.807, 2.05) is 31.2 Å². The molecule has 5 heteroatoms. The summed E-state index contributed by atoms with van der Waals surface area (Å²) in [6.45, 7) is 5.54. The predicted octanol–water partition coefficient (Wildman–Crippen LogP) is 2.41. The van der Waals surface area contributed by atoms with Crippen molar-refractivity contribution in [2.75, 3.05) is 19.6 Å². The van der Waals surface area contributed by atoms with Gasteiger partial charge in [-0.2, -0.15) is 0 Å². The number of hydrogen-bond acceptors (Lipinski definition) is 3. The molecule has 0 aliphatic carbocycles. The van der Waals surface area contributed by atoms with Gasteiger partial charge < -0.3 is 15.1 Å². The highest BCUT2D eigenvalue weighted by Gasteiger charge is 2.35. The van der Waals surface area contributed by atoms with E-state index in [0.29, 0.717) is 18.5 Å². The Morgan fingerprint density at radius 1 is 1.19 bits per heavy atom. The summed E-state index contributed by atoms with van der Waals surface area (Å²) in [7, 11) is 0. The van der Waals surface area contributed by atoms with Gasteiger partial charge in [0.2, 0.25) is 5.91 Å². The first kappa shape index (κ1) is 17.5. The Labute approximate surface area is 155 Å². The second-order valence-corrected chi connectivity index (χ2v) is 8.01. The van der Waals surface area contributed by atoms with E-state index < -0.39 is 6.04 Å². The number of carbonyl (C=O) groups excluding carboxylic acids is 2. The van der Waals surface area contributed by atoms with Crippen LogP contribution in [0.15, 0.2) is 24.3 Å². The molecule has 0 saturated carbocycles. The van der Waals surface area contributed by atoms with Gasteiger partial charge >= 0.3 is 0 Å². The molecule has 2 saturated heterocycles. The highest BCUT2D eigenvalue weighted by molar-refractivity contribution is 6.01. The lowest BCUT2D eigenvalue weighted by atomic mass is 9.83. The second kappa shape index (κ2) is 7.39. The lowest BCUT2D eigenvalue weighted by molar-refractivity contribution is -0.125. The van der Waals surface area contributed by atoms with Gasteiger partial charge in [0.05, 0.1) is 0 Å². The molecule has 1 aromatic rings. The minimum Gasteiger partial charge on any atom is -0.354 e. The number of rotatable bonds is 4. The van der Waals surface area contributed by atoms with Crippen LogP contribution >= 0.6 is 0 Å². The maximum atomic E-state index is 12.7. The van der Waals surface area contributed by atoms with Gasteiger partial charge in [-0.25, -0.2) is 0 Å². The van der Waals surface area contributed by atoms with Gasteiger partial charge in [0.25, 0.3) is 5.91 Å². The number of fused-ring (bicyclic) bond motifs is 2. The molecular weight excluding hydrogens is 326 g/mol. The van der Waals surface area contributed by atoms with Crippen molar-refractivity contribution < 1.29 is 9.59 Å². The number of nitrogens with zero attached hydrogens (tertiary/aromatic N) is 2. The van der Waals surface area contributed by atoms with Crippen molar-refractivity contribution >= 4 is 11.8 Å². The fraction of sp³-hybridized carbons (Fsp3) is 0.619. The molecule has 2 fully saturated rings. The van der Waals surface area contributed by atoms with Gasteiger partial charge in [-0.05, 0) is 63.2 Å². The standard InChI is InChI=1S/C21H29N3O2/c1-15(24-14-17-7-2-3-9-18(17)21(24)26)20(25)22-13-16-8-6-12-23-11-5-4-10-19(16)23/h2-3,7,9,15-16,19H,4-6,8,10-14H2,1H3,(H,22,25). The Morgan fingerprint density at radius 2 is 2.00 bits per heavy atom. The van der Waals surface area contributed by atoms with Crippen molar-refractivity contribution in [3.63, 3.8) is 0 Å². The van der Waals surface area contributed by atoms with Crippen molar-refractivity contribution in [1.29, 1.82) is 0 Å². The fourth-order valence-electron chi connectivity index (χ4n) is 4.93. The van der Waals surface area contributed by atoms with E-state index in [1.165, 1.54) is 45.2 Å². The summed E-state index contributed by atoms with van der Waals surface area (Å²) in [5.74, 6) is 0.491. The molecule has 0 aromatic heterocycles. The zero-order valence-electron chi connectivity index (χ0n) is 15.6. The van der Waals surface area contributed by atoms with E-state index in [0.717, 1.165) is 17.7 Å². The van der Waals surface area contributed by atoms with Crippen molar-refractivity contribution in [3.8, 4) is 0 Å². The third kappa shape index (κ3) is 3.25. The summed E-state index contributed by atoms with van der Waals surface area (Å²) in [4.78, 5) is 29.6. The molecule has 1 N–H and O–H groups in total. The zero-order chi connectivity index (χ0) is 18.1. The maximum Gasteiger partial charge on any atom is 0.255 e. The summed E-state index contributed by atoms with van der Waals surface area (Å²) < 4.78 is 0. The lowest BCUT2D eigenvalue weighted by Crippen LogP contribution is -2.52. The average Bonchev–Trinajstić information content (AvgIpc) is 3.02. The molecule has 3 unspecified atom stereocenters. The monoisotopic (exact) mass is 355 g/mol. The van der Waals surface area contributed by atoms with Crippen molar-refractivity contribution in [2.24, 2.45) is 5.92 Å². The Bertz CT molecular complexity index is 688. The van der Waals surface area contributed by atoms with E-state index in [1.54, 1.807) is 4.90 Å². The zero-order valence-corrected chi connectivity index (χ0v) is 15.6. The number of hydrogen-bond donors (Lipinski definition) is 1. The highest BCUT2D eigenvalue weighted by Crippen LogP contribution is 2.30. The largest absolute Gasteiger partial charge is 0.354 e. The first-order chi connectivity index (χ1) is 12.6. The van der Waals surface area contributed by atoms with Gasteiger partial charge in [-0.3, -0.25) is 9.59 Å². The van der Waals surface area contributed by atoms with Crippen LogP contribution in [0.2, 0.25) is 0 Å². The minimum atomic E-state index is -0.430. The van der Waals surface area contributed by atoms with Crippen LogP contribution in [-0.4, -0.2) is 53.3 Å². The van der Waals surface area contributed by atoms with Crippen molar-refractivity contribution in [1.82, 2.24) is 15.1 Å². The van der Waals surface area contributed by atoms with Crippen molar-refractivity contribution in [3.05, 3.63) is 35.4 Å². The fourth-order valence-corrected chi connectivity index (χ4v) is 4.93. The first-order valence-electron chi connectivity index (χ1n) is 10.1. The SMILES string of the molecule is CC(C(=O)NCC1CCCN2CCCCC12)N1Cc2ccccc2C1=O. The topological polar surface area (TPSA) is 52.7 Å². The average molecular weight is 355 g/mol. The van der Waals surface area contributed by atoms with Gasteiger partial charge in [0.1, 0.15) is 6.04 Å². The quantitative estimate of drug-likeness (QED) is 0.902. The molecule has 0 spiro atoms. The van der Waals surface area contributed by atoms with E-state index >= 15 is 0 Å². The second-order valence-electron chi connectivity index (χ2n) is 8.01. The number of benzene rings is 1. The third-order valence-corrected chi connectivity index (χ3v) is 6.46. The van der Waals surface area contributed by atoms with Gasteiger partial charge in [0.15, 0.2) is 0 Å². The Kier molecular flexibility index (Phi) is 4.98. The van der Waals surface area contributed by atoms with Gasteiger partial charge in [0, 0.05) is 24.7 Å². The van der Waals surface area contributed by atoms with Crippen LogP contribution in [0.5, 0.6) is 0 Å². The molecule has 140 valence electrons. The highest BCUT2D eigenvalue weighted by atomic mass is 16.2. The molecule has 5 nitrogen and oxygen atoms in total. The van der Waals surface area contributed by atoms with Gasteiger partial charge in [-0.15, -0.1) is 0 Å². The predicted molar refractivity (Wildman–Crippen MR) is 101 cm³/mol. The number of carbonyl (C=O) groups is 2. The summed E-state index contributed by atoms with van der Waals surface area (Å²) in [6.07, 6.45) is 6.30. The van der Waals surface area contributed by atoms with Crippen LogP contribution in [0, 0.1) is 5.92 Å². The molecular formula is C21H29N3O2. The summed E-state index contributed by atoms with van der Waals surface area (Å²) >= 11 is 0. The first-order valence-corrected chi connectivity index (χ1v) is 10.1. The Balaban J connectivity index is 1.34. The van der Waals surface area contributed by atoms with Crippen LogP contribution in [0.4, 0.5) is 0 Å². The van der Waals surface area contributed by atoms with E-state index in [4.69, 9.17) is 0 Å². The van der Waals surface area contributed by atoms with Crippen LogP contribution in [-0.2, 0) is 11.3 Å². The number of amides is 2. The van der Waals surface area contributed by atoms with Crippen LogP contribution in [0.1, 0.15) is 54.9 Å². The number of piperidine rings is 2. The Morgan fingerprint density at radius 3 is 2.85 bits per heavy atom. The Hall–Kier alpha value is -1.88. The molecule has 0 bridgehead atoms. The molecule has 3 atom stereocenters. The normalized spacial score (nSPS) is 27.0. The van der Waals surface area contributed by atoms with Crippen molar-refractivity contribution in [2.45, 2.75) is 57.7 Å². The summed E-state index contributed by atoms with van der Waals surface area (Å²) in [5, 5.41) is 3.15. The molecule has 0 radical (unpaired) electrons. The summed E-state index contributed by atoms with van der Waals surface area (Å²) in [6, 6.07) is 7.84. The minimum absolute atomic E-state index is 0.0284. The third-order valence-electron chi connectivity index (χ3n) is 6.46. The number of nitrogens with one attached hydrogen (secondary N) is 1. The molecule has 4 rings (SSSR count). The van der Waals surface area contributed by atoms with Crippen LogP contribution in [0.25, 0.3) is 0 Å².